The first-order chi connectivity index (χ1) is 15.7. The number of benzene rings is 3. The first-order valence-corrected chi connectivity index (χ1v) is 12.2. The fourth-order valence-corrected chi connectivity index (χ4v) is 5.63. The highest BCUT2D eigenvalue weighted by atomic mass is 32.2. The van der Waals surface area contributed by atoms with Gasteiger partial charge >= 0.3 is 12.4 Å². The lowest BCUT2D eigenvalue weighted by Crippen LogP contribution is -2.60. The van der Waals surface area contributed by atoms with Crippen LogP contribution >= 0.6 is 0 Å². The van der Waals surface area contributed by atoms with E-state index in [9.17, 15) is 34.8 Å². The Morgan fingerprint density at radius 2 is 0.882 bits per heavy atom. The summed E-state index contributed by atoms with van der Waals surface area (Å²) in [6, 6.07) is 32.2. The molecule has 0 bridgehead atoms. The van der Waals surface area contributed by atoms with Crippen LogP contribution in [0, 0.1) is 0 Å². The zero-order valence-corrected chi connectivity index (χ0v) is 18.8. The minimum atomic E-state index is -6.26. The average molecular weight is 526 g/mol. The topological polar surface area (TPSA) is 74.6 Å². The molecule has 3 rings (SSSR count). The second-order valence-corrected chi connectivity index (χ2v) is 10.3. The molecule has 0 amide bonds. The molecule has 0 aliphatic heterocycles. The monoisotopic (exact) mass is 525 g/mol. The second kappa shape index (κ2) is 10.8. The summed E-state index contributed by atoms with van der Waals surface area (Å²) in [5, 5.41) is 8.23. The van der Waals surface area contributed by atoms with Gasteiger partial charge in [-0.1, -0.05) is 54.6 Å². The van der Waals surface area contributed by atoms with Gasteiger partial charge in [-0.2, -0.15) is 34.8 Å². The van der Waals surface area contributed by atoms with E-state index in [-0.39, 0.29) is 10.9 Å². The van der Waals surface area contributed by atoms with E-state index in [0.29, 0.717) is 0 Å². The molecule has 0 fully saturated rings. The van der Waals surface area contributed by atoms with Gasteiger partial charge in [-0.3, -0.25) is 4.55 Å². The van der Waals surface area contributed by atoms with Crippen LogP contribution in [0.1, 0.15) is 0 Å². The Labute approximate surface area is 195 Å². The van der Waals surface area contributed by atoms with Gasteiger partial charge in [0.2, 0.25) is 0 Å². The van der Waals surface area contributed by atoms with E-state index in [2.05, 4.69) is 91.0 Å². The van der Waals surface area contributed by atoms with Crippen molar-refractivity contribution in [3.63, 3.8) is 0 Å². The van der Waals surface area contributed by atoms with Gasteiger partial charge < -0.3 is 5.11 Å². The third-order valence-electron chi connectivity index (χ3n) is 4.27. The molecule has 12 heteroatoms. The number of hydrogen-bond donors (Lipinski definition) is 2. The average Bonchev–Trinajstić information content (AvgIpc) is 2.74. The second-order valence-electron chi connectivity index (χ2n) is 6.83. The van der Waals surface area contributed by atoms with E-state index in [1.54, 1.807) is 0 Å². The molecule has 0 spiro atoms. The Balaban J connectivity index is 0.000000249. The first-order valence-electron chi connectivity index (χ1n) is 9.36. The van der Waals surface area contributed by atoms with Gasteiger partial charge in [-0.05, 0) is 36.4 Å². The van der Waals surface area contributed by atoms with Gasteiger partial charge in [0.25, 0.3) is 15.7 Å². The van der Waals surface area contributed by atoms with Crippen molar-refractivity contribution in [3.8, 4) is 0 Å². The van der Waals surface area contributed by atoms with Crippen LogP contribution in [-0.4, -0.2) is 41.8 Å². The Morgan fingerprint density at radius 1 is 0.618 bits per heavy atom. The summed E-state index contributed by atoms with van der Waals surface area (Å²) < 4.78 is 98.5. The summed E-state index contributed by atoms with van der Waals surface area (Å²) >= 11 is 0. The summed E-state index contributed by atoms with van der Waals surface area (Å²) in [7, 11) is -5.65. The van der Waals surface area contributed by atoms with E-state index in [4.69, 9.17) is 9.66 Å². The Kier molecular flexibility index (Phi) is 8.81. The van der Waals surface area contributed by atoms with Crippen molar-refractivity contribution in [3.05, 3.63) is 91.0 Å². The third-order valence-corrected chi connectivity index (χ3v) is 7.28. The van der Waals surface area contributed by atoms with E-state index in [1.807, 2.05) is 0 Å². The first kappa shape index (κ1) is 27.7. The van der Waals surface area contributed by atoms with Crippen molar-refractivity contribution in [2.75, 3.05) is 5.75 Å². The predicted molar refractivity (Wildman–Crippen MR) is 115 cm³/mol. The van der Waals surface area contributed by atoms with Crippen LogP contribution in [0.5, 0.6) is 0 Å². The zero-order chi connectivity index (χ0) is 25.6. The predicted octanol–water partition coefficient (Wildman–Crippen LogP) is 5.51. The van der Waals surface area contributed by atoms with Gasteiger partial charge in [0.1, 0.15) is 5.75 Å². The van der Waals surface area contributed by atoms with Crippen molar-refractivity contribution in [1.82, 2.24) is 0 Å². The maximum Gasteiger partial charge on any atom is 0.427 e. The lowest BCUT2D eigenvalue weighted by molar-refractivity contribution is -0.359. The molecular weight excluding hydrogens is 506 g/mol. The van der Waals surface area contributed by atoms with Crippen LogP contribution in [0.3, 0.4) is 0 Å². The standard InChI is InChI=1S/C18H15S.C4H4F6O4S/c1-4-10-16(11-5-1)19(17-12-6-2-7-13-17)18-14-8-3-9-15-18;5-3(6,7)2(11,4(8,9)10)1-15(12,13)14/h1-15H;11H,1H2,(H,12,13,14)/q+1;. The van der Waals surface area contributed by atoms with Crippen LogP contribution in [0.2, 0.25) is 0 Å². The Hall–Kier alpha value is -2.54. The number of halogens is 6. The number of aliphatic hydroxyl groups is 1. The highest BCUT2D eigenvalue weighted by molar-refractivity contribution is 7.97. The van der Waals surface area contributed by atoms with Gasteiger partial charge in [0, 0.05) is 0 Å². The van der Waals surface area contributed by atoms with Crippen LogP contribution in [0.25, 0.3) is 0 Å². The minimum Gasteiger partial charge on any atom is -0.373 e. The minimum absolute atomic E-state index is 0.0146. The maximum atomic E-state index is 11.8. The molecule has 4 nitrogen and oxygen atoms in total. The van der Waals surface area contributed by atoms with Crippen molar-refractivity contribution < 1.29 is 44.4 Å². The molecule has 0 aromatic heterocycles. The van der Waals surface area contributed by atoms with Gasteiger partial charge in [-0.25, -0.2) is 0 Å². The Bertz CT molecular complexity index is 1030. The molecule has 3 aromatic carbocycles. The normalized spacial score (nSPS) is 12.7. The highest BCUT2D eigenvalue weighted by Gasteiger charge is 2.71. The maximum absolute atomic E-state index is 11.8. The van der Waals surface area contributed by atoms with Crippen LogP contribution in [0.15, 0.2) is 106 Å². The highest BCUT2D eigenvalue weighted by Crippen LogP contribution is 2.43. The van der Waals surface area contributed by atoms with E-state index >= 15 is 0 Å². The summed E-state index contributed by atoms with van der Waals surface area (Å²) in [5.41, 5.74) is -5.48. The largest absolute Gasteiger partial charge is 0.427 e. The molecule has 34 heavy (non-hydrogen) atoms. The van der Waals surface area contributed by atoms with Gasteiger partial charge in [0.15, 0.2) is 14.7 Å². The Morgan fingerprint density at radius 3 is 1.06 bits per heavy atom. The fraction of sp³-hybridized carbons (Fsp3) is 0.182. The SMILES string of the molecule is O=S(=O)(O)CC(O)(C(F)(F)F)C(F)(F)F.c1ccc([S+](c2ccccc2)c2ccccc2)cc1. The van der Waals surface area contributed by atoms with Crippen LogP contribution in [0.4, 0.5) is 26.3 Å². The molecule has 0 atom stereocenters. The lowest BCUT2D eigenvalue weighted by Gasteiger charge is -2.30. The van der Waals surface area contributed by atoms with Crippen LogP contribution in [-0.2, 0) is 21.0 Å². The third kappa shape index (κ3) is 7.23. The molecule has 2 N–H and O–H groups in total. The molecule has 0 aliphatic carbocycles. The summed E-state index contributed by atoms with van der Waals surface area (Å²) in [6.45, 7) is 0. The van der Waals surface area contributed by atoms with Crippen LogP contribution < -0.4 is 0 Å². The molecule has 3 aromatic rings. The van der Waals surface area contributed by atoms with Crippen molar-refractivity contribution in [1.29, 1.82) is 0 Å². The van der Waals surface area contributed by atoms with Crippen molar-refractivity contribution in [2.45, 2.75) is 32.6 Å². The summed E-state index contributed by atoms with van der Waals surface area (Å²) in [4.78, 5) is 4.08. The molecule has 0 saturated carbocycles. The number of alkyl halides is 6. The van der Waals surface area contributed by atoms with Crippen molar-refractivity contribution in [2.24, 2.45) is 0 Å². The fourth-order valence-electron chi connectivity index (χ4n) is 2.67. The molecule has 184 valence electrons. The van der Waals surface area contributed by atoms with Gasteiger partial charge in [0.05, 0.1) is 10.9 Å². The molecule has 0 saturated heterocycles. The zero-order valence-electron chi connectivity index (χ0n) is 17.2. The molecule has 0 heterocycles. The van der Waals surface area contributed by atoms with E-state index < -0.39 is 33.8 Å². The van der Waals surface area contributed by atoms with Crippen molar-refractivity contribution >= 4 is 21.0 Å². The summed E-state index contributed by atoms with van der Waals surface area (Å²) in [6.07, 6.45) is -12.5. The number of rotatable bonds is 5. The quantitative estimate of drug-likeness (QED) is 0.262. The summed E-state index contributed by atoms with van der Waals surface area (Å²) in [5.74, 6) is -2.90. The molecular formula is C22H19F6O4S2+. The number of hydrogen-bond acceptors (Lipinski definition) is 3. The smallest absolute Gasteiger partial charge is 0.373 e. The van der Waals surface area contributed by atoms with Gasteiger partial charge in [-0.15, -0.1) is 0 Å². The molecule has 0 radical (unpaired) electrons. The lowest BCUT2D eigenvalue weighted by atomic mass is 10.1. The van der Waals surface area contributed by atoms with E-state index in [1.165, 1.54) is 14.7 Å². The molecule has 0 aliphatic rings. The molecule has 0 unspecified atom stereocenters. The van der Waals surface area contributed by atoms with E-state index in [0.717, 1.165) is 0 Å².